The molecule has 25 heavy (non-hydrogen) atoms. The van der Waals surface area contributed by atoms with Gasteiger partial charge in [0.05, 0.1) is 0 Å². The lowest BCUT2D eigenvalue weighted by Crippen LogP contribution is -2.49. The second kappa shape index (κ2) is 8.37. The van der Waals surface area contributed by atoms with Gasteiger partial charge in [-0.1, -0.05) is 47.5 Å². The summed E-state index contributed by atoms with van der Waals surface area (Å²) in [6.07, 6.45) is 0. The minimum Gasteiger partial charge on any atom is -0.346 e. The van der Waals surface area contributed by atoms with E-state index >= 15 is 0 Å². The average Bonchev–Trinajstić information content (AvgIpc) is 2.61. The Balaban J connectivity index is 1.55. The lowest BCUT2D eigenvalue weighted by molar-refractivity contribution is 0.177. The van der Waals surface area contributed by atoms with Crippen molar-refractivity contribution in [2.24, 2.45) is 0 Å². The molecule has 2 aromatic carbocycles. The third-order valence-electron chi connectivity index (χ3n) is 4.49. The van der Waals surface area contributed by atoms with Gasteiger partial charge < -0.3 is 10.2 Å². The summed E-state index contributed by atoms with van der Waals surface area (Å²) in [4.78, 5) is 4.58. The van der Waals surface area contributed by atoms with Crippen LogP contribution in [0.2, 0.25) is 10.0 Å². The van der Waals surface area contributed by atoms with Gasteiger partial charge in [0.25, 0.3) is 0 Å². The van der Waals surface area contributed by atoms with E-state index in [9.17, 15) is 0 Å². The Morgan fingerprint density at radius 2 is 1.64 bits per heavy atom. The molecule has 0 amide bonds. The van der Waals surface area contributed by atoms with Crippen LogP contribution in [0.5, 0.6) is 0 Å². The molecule has 0 aromatic heterocycles. The van der Waals surface area contributed by atoms with Crippen LogP contribution in [-0.4, -0.2) is 41.1 Å². The number of halogens is 2. The van der Waals surface area contributed by atoms with E-state index in [2.05, 4.69) is 34.2 Å². The summed E-state index contributed by atoms with van der Waals surface area (Å²) in [6, 6.07) is 13.8. The zero-order valence-electron chi connectivity index (χ0n) is 14.1. The largest absolute Gasteiger partial charge is 0.346 e. The molecule has 132 valence electrons. The maximum atomic E-state index is 6.28. The summed E-state index contributed by atoms with van der Waals surface area (Å²) in [5.74, 6) is 0. The monoisotopic (exact) mass is 393 g/mol. The first-order chi connectivity index (χ1) is 12.0. The second-order valence-corrected chi connectivity index (χ2v) is 7.41. The van der Waals surface area contributed by atoms with Crippen LogP contribution in [0, 0.1) is 6.92 Å². The van der Waals surface area contributed by atoms with Gasteiger partial charge in [-0.15, -0.1) is 0 Å². The van der Waals surface area contributed by atoms with Gasteiger partial charge in [-0.3, -0.25) is 4.90 Å². The number of hydrogen-bond donors (Lipinski definition) is 1. The van der Waals surface area contributed by atoms with Crippen molar-refractivity contribution in [3.8, 4) is 0 Å². The Bertz CT molecular complexity index is 738. The molecule has 3 rings (SSSR count). The average molecular weight is 394 g/mol. The standard InChI is InChI=1S/C19H21Cl2N3S/c1-14-5-2-3-8-18(14)22-19(25)24-11-9-23(10-12-24)13-15-16(20)6-4-7-17(15)21/h2-8H,9-13H2,1H3,(H,22,25). The third-order valence-corrected chi connectivity index (χ3v) is 5.56. The second-order valence-electron chi connectivity index (χ2n) is 6.21. The lowest BCUT2D eigenvalue weighted by Gasteiger charge is -2.36. The van der Waals surface area contributed by atoms with Crippen LogP contribution in [0.4, 0.5) is 5.69 Å². The highest BCUT2D eigenvalue weighted by Crippen LogP contribution is 2.26. The minimum absolute atomic E-state index is 0.728. The first-order valence-electron chi connectivity index (χ1n) is 8.31. The normalized spacial score (nSPS) is 15.2. The Hall–Kier alpha value is -1.33. The number of piperazine rings is 1. The van der Waals surface area contributed by atoms with E-state index in [4.69, 9.17) is 35.4 Å². The molecule has 1 saturated heterocycles. The lowest BCUT2D eigenvalue weighted by atomic mass is 10.2. The molecular weight excluding hydrogens is 373 g/mol. The van der Waals surface area contributed by atoms with Gasteiger partial charge >= 0.3 is 0 Å². The van der Waals surface area contributed by atoms with Crippen molar-refractivity contribution in [3.63, 3.8) is 0 Å². The number of nitrogens with one attached hydrogen (secondary N) is 1. The van der Waals surface area contributed by atoms with E-state index in [1.54, 1.807) is 0 Å². The summed E-state index contributed by atoms with van der Waals surface area (Å²) in [5.41, 5.74) is 3.26. The number of anilines is 1. The van der Waals surface area contributed by atoms with E-state index in [1.807, 2.05) is 30.3 Å². The zero-order chi connectivity index (χ0) is 17.8. The summed E-state index contributed by atoms with van der Waals surface area (Å²) in [6.45, 7) is 6.48. The van der Waals surface area contributed by atoms with Crippen LogP contribution >= 0.6 is 35.4 Å². The van der Waals surface area contributed by atoms with Crippen molar-refractivity contribution < 1.29 is 0 Å². The molecule has 0 saturated carbocycles. The molecule has 0 aliphatic carbocycles. The third kappa shape index (κ3) is 4.64. The van der Waals surface area contributed by atoms with Crippen molar-refractivity contribution in [1.82, 2.24) is 9.80 Å². The van der Waals surface area contributed by atoms with Crippen molar-refractivity contribution in [2.45, 2.75) is 13.5 Å². The van der Waals surface area contributed by atoms with Crippen molar-refractivity contribution >= 4 is 46.2 Å². The molecule has 1 aliphatic heterocycles. The Morgan fingerprint density at radius 1 is 1.00 bits per heavy atom. The fraction of sp³-hybridized carbons (Fsp3) is 0.316. The molecule has 2 aromatic rings. The summed E-state index contributed by atoms with van der Waals surface area (Å²) in [7, 11) is 0. The molecule has 6 heteroatoms. The minimum atomic E-state index is 0.728. The predicted molar refractivity (Wildman–Crippen MR) is 111 cm³/mol. The Kier molecular flexibility index (Phi) is 6.18. The van der Waals surface area contributed by atoms with Crippen molar-refractivity contribution in [1.29, 1.82) is 0 Å². The topological polar surface area (TPSA) is 18.5 Å². The summed E-state index contributed by atoms with van der Waals surface area (Å²) < 4.78 is 0. The van der Waals surface area contributed by atoms with Gasteiger partial charge in [-0.2, -0.15) is 0 Å². The molecule has 1 aliphatic rings. The van der Waals surface area contributed by atoms with Gasteiger partial charge in [-0.25, -0.2) is 0 Å². The van der Waals surface area contributed by atoms with E-state index in [0.29, 0.717) is 0 Å². The smallest absolute Gasteiger partial charge is 0.173 e. The Morgan fingerprint density at radius 3 is 2.28 bits per heavy atom. The summed E-state index contributed by atoms with van der Waals surface area (Å²) in [5, 5.41) is 5.60. The summed E-state index contributed by atoms with van der Waals surface area (Å²) >= 11 is 18.1. The Labute approximate surface area is 164 Å². The van der Waals surface area contributed by atoms with Crippen LogP contribution in [0.1, 0.15) is 11.1 Å². The first-order valence-corrected chi connectivity index (χ1v) is 9.48. The van der Waals surface area contributed by atoms with E-state index in [1.165, 1.54) is 5.56 Å². The van der Waals surface area contributed by atoms with Crippen LogP contribution in [0.15, 0.2) is 42.5 Å². The molecule has 3 nitrogen and oxygen atoms in total. The molecule has 0 bridgehead atoms. The highest BCUT2D eigenvalue weighted by Gasteiger charge is 2.20. The number of nitrogens with zero attached hydrogens (tertiary/aromatic N) is 2. The van der Waals surface area contributed by atoms with Crippen LogP contribution in [0.25, 0.3) is 0 Å². The number of thiocarbonyl (C=S) groups is 1. The highest BCUT2D eigenvalue weighted by atomic mass is 35.5. The van der Waals surface area contributed by atoms with Crippen LogP contribution in [0.3, 0.4) is 0 Å². The van der Waals surface area contributed by atoms with Crippen LogP contribution < -0.4 is 5.32 Å². The molecule has 1 N–H and O–H groups in total. The maximum Gasteiger partial charge on any atom is 0.173 e. The molecular formula is C19H21Cl2N3S. The van der Waals surface area contributed by atoms with E-state index in [0.717, 1.165) is 59.1 Å². The first kappa shape index (κ1) is 18.5. The van der Waals surface area contributed by atoms with Crippen LogP contribution in [-0.2, 0) is 6.54 Å². The fourth-order valence-corrected chi connectivity index (χ4v) is 3.73. The van der Waals surface area contributed by atoms with E-state index < -0.39 is 0 Å². The van der Waals surface area contributed by atoms with E-state index in [-0.39, 0.29) is 0 Å². The quantitative estimate of drug-likeness (QED) is 0.753. The van der Waals surface area contributed by atoms with Gasteiger partial charge in [0.2, 0.25) is 0 Å². The molecule has 0 radical (unpaired) electrons. The molecule has 0 unspecified atom stereocenters. The molecule has 1 heterocycles. The molecule has 0 atom stereocenters. The predicted octanol–water partition coefficient (Wildman–Crippen LogP) is 4.82. The SMILES string of the molecule is Cc1ccccc1NC(=S)N1CCN(Cc2c(Cl)cccc2Cl)CC1. The number of para-hydroxylation sites is 1. The molecule has 0 spiro atoms. The van der Waals surface area contributed by atoms with Gasteiger partial charge in [0.15, 0.2) is 5.11 Å². The van der Waals surface area contributed by atoms with Gasteiger partial charge in [0, 0.05) is 54.0 Å². The van der Waals surface area contributed by atoms with Gasteiger partial charge in [0.1, 0.15) is 0 Å². The fourth-order valence-electron chi connectivity index (χ4n) is 2.92. The number of benzene rings is 2. The maximum absolute atomic E-state index is 6.28. The number of aryl methyl sites for hydroxylation is 1. The zero-order valence-corrected chi connectivity index (χ0v) is 16.5. The van der Waals surface area contributed by atoms with Crippen molar-refractivity contribution in [3.05, 3.63) is 63.6 Å². The molecule has 1 fully saturated rings. The van der Waals surface area contributed by atoms with Crippen molar-refractivity contribution in [2.75, 3.05) is 31.5 Å². The number of rotatable bonds is 3. The number of hydrogen-bond acceptors (Lipinski definition) is 2. The highest BCUT2D eigenvalue weighted by molar-refractivity contribution is 7.80. The van der Waals surface area contributed by atoms with Gasteiger partial charge in [-0.05, 0) is 42.9 Å².